The Kier molecular flexibility index (Phi) is 7.32. The predicted molar refractivity (Wildman–Crippen MR) is 105 cm³/mol. The maximum absolute atomic E-state index is 12.7. The second-order valence-electron chi connectivity index (χ2n) is 7.19. The number of hydrogen-bond acceptors (Lipinski definition) is 3. The van der Waals surface area contributed by atoms with Crippen molar-refractivity contribution in [2.24, 2.45) is 11.8 Å². The molecule has 0 aliphatic carbocycles. The van der Waals surface area contributed by atoms with Gasteiger partial charge in [0.2, 0.25) is 15.9 Å². The quantitative estimate of drug-likeness (QED) is 0.775. The zero-order valence-corrected chi connectivity index (χ0v) is 17.6. The molecule has 1 amide bonds. The number of carbonyl (C=O) groups is 1. The highest BCUT2D eigenvalue weighted by molar-refractivity contribution is 7.92. The van der Waals surface area contributed by atoms with E-state index in [1.165, 1.54) is 0 Å². The Morgan fingerprint density at radius 2 is 1.64 bits per heavy atom. The Morgan fingerprint density at radius 1 is 1.12 bits per heavy atom. The van der Waals surface area contributed by atoms with Crippen LogP contribution in [0.4, 0.5) is 5.69 Å². The lowest BCUT2D eigenvalue weighted by Gasteiger charge is -2.32. The standard InChI is InChI=1S/C18H29ClN2O3S/c1-11(2)17(12(3)4)20-18(22)14(6)21(25(7,23)24)15-9-8-13(5)16(19)10-15/h8-12,14,17H,1-7H3,(H,20,22)/t14-/m0/s1. The van der Waals surface area contributed by atoms with Gasteiger partial charge in [0.05, 0.1) is 11.9 Å². The number of carbonyl (C=O) groups excluding carboxylic acids is 1. The molecule has 0 heterocycles. The van der Waals surface area contributed by atoms with Crippen LogP contribution in [-0.4, -0.2) is 32.7 Å². The Hall–Kier alpha value is -1.27. The lowest BCUT2D eigenvalue weighted by atomic mass is 9.93. The number of rotatable bonds is 7. The fourth-order valence-corrected chi connectivity index (χ4v) is 4.26. The number of nitrogens with one attached hydrogen (secondary N) is 1. The molecule has 1 atom stereocenters. The summed E-state index contributed by atoms with van der Waals surface area (Å²) in [6, 6.07) is 4.07. The van der Waals surface area contributed by atoms with Gasteiger partial charge in [0.25, 0.3) is 0 Å². The fourth-order valence-electron chi connectivity index (χ4n) is 2.92. The van der Waals surface area contributed by atoms with Gasteiger partial charge in [-0.3, -0.25) is 9.10 Å². The van der Waals surface area contributed by atoms with E-state index in [-0.39, 0.29) is 23.8 Å². The summed E-state index contributed by atoms with van der Waals surface area (Å²) in [6.07, 6.45) is 1.09. The highest BCUT2D eigenvalue weighted by Gasteiger charge is 2.31. The molecule has 0 aromatic heterocycles. The van der Waals surface area contributed by atoms with Crippen molar-refractivity contribution >= 4 is 33.2 Å². The van der Waals surface area contributed by atoms with Crippen molar-refractivity contribution in [2.45, 2.75) is 53.6 Å². The molecule has 0 saturated carbocycles. The first kappa shape index (κ1) is 21.8. The van der Waals surface area contributed by atoms with Gasteiger partial charge in [0.15, 0.2) is 0 Å². The van der Waals surface area contributed by atoms with Gasteiger partial charge in [-0.15, -0.1) is 0 Å². The number of amides is 1. The second-order valence-corrected chi connectivity index (χ2v) is 9.46. The van der Waals surface area contributed by atoms with E-state index in [1.54, 1.807) is 25.1 Å². The largest absolute Gasteiger partial charge is 0.351 e. The number of benzene rings is 1. The molecule has 142 valence electrons. The minimum Gasteiger partial charge on any atom is -0.351 e. The lowest BCUT2D eigenvalue weighted by molar-refractivity contribution is -0.123. The summed E-state index contributed by atoms with van der Waals surface area (Å²) in [5.74, 6) is 0.169. The Labute approximate surface area is 156 Å². The zero-order valence-electron chi connectivity index (χ0n) is 16.0. The van der Waals surface area contributed by atoms with Gasteiger partial charge in [-0.25, -0.2) is 8.42 Å². The Morgan fingerprint density at radius 3 is 2.04 bits per heavy atom. The topological polar surface area (TPSA) is 66.5 Å². The van der Waals surface area contributed by atoms with E-state index >= 15 is 0 Å². The minimum absolute atomic E-state index is 0.0297. The molecule has 1 rings (SSSR count). The molecule has 0 fully saturated rings. The summed E-state index contributed by atoms with van der Waals surface area (Å²) < 4.78 is 25.8. The summed E-state index contributed by atoms with van der Waals surface area (Å²) in [6.45, 7) is 11.5. The SMILES string of the molecule is Cc1ccc(N([C@@H](C)C(=O)NC(C(C)C)C(C)C)S(C)(=O)=O)cc1Cl. The molecule has 0 unspecified atom stereocenters. The normalized spacial score (nSPS) is 13.4. The van der Waals surface area contributed by atoms with E-state index in [4.69, 9.17) is 11.6 Å². The smallest absolute Gasteiger partial charge is 0.243 e. The van der Waals surface area contributed by atoms with Gasteiger partial charge in [0.1, 0.15) is 6.04 Å². The van der Waals surface area contributed by atoms with Gasteiger partial charge in [-0.05, 0) is 43.4 Å². The van der Waals surface area contributed by atoms with Crippen LogP contribution in [0.1, 0.15) is 40.2 Å². The van der Waals surface area contributed by atoms with Crippen LogP contribution in [0.5, 0.6) is 0 Å². The lowest BCUT2D eigenvalue weighted by Crippen LogP contribution is -2.52. The highest BCUT2D eigenvalue weighted by atomic mass is 35.5. The van der Waals surface area contributed by atoms with E-state index in [0.717, 1.165) is 16.1 Å². The maximum atomic E-state index is 12.7. The summed E-state index contributed by atoms with van der Waals surface area (Å²) in [4.78, 5) is 12.7. The summed E-state index contributed by atoms with van der Waals surface area (Å²) in [5.41, 5.74) is 1.22. The summed E-state index contributed by atoms with van der Waals surface area (Å²) in [7, 11) is -3.65. The van der Waals surface area contributed by atoms with E-state index in [9.17, 15) is 13.2 Å². The molecule has 1 N–H and O–H groups in total. The molecule has 1 aromatic carbocycles. The average molecular weight is 389 g/mol. The molecule has 25 heavy (non-hydrogen) atoms. The molecule has 1 aromatic rings. The van der Waals surface area contributed by atoms with E-state index < -0.39 is 16.1 Å². The number of anilines is 1. The van der Waals surface area contributed by atoms with Crippen LogP contribution in [-0.2, 0) is 14.8 Å². The third kappa shape index (κ3) is 5.61. The van der Waals surface area contributed by atoms with Crippen molar-refractivity contribution in [1.82, 2.24) is 5.32 Å². The van der Waals surface area contributed by atoms with Gasteiger partial charge in [0, 0.05) is 11.1 Å². The second kappa shape index (κ2) is 8.41. The monoisotopic (exact) mass is 388 g/mol. The molecule has 5 nitrogen and oxygen atoms in total. The molecule has 7 heteroatoms. The van der Waals surface area contributed by atoms with Crippen LogP contribution in [0, 0.1) is 18.8 Å². The molecular formula is C18H29ClN2O3S. The first-order chi connectivity index (χ1) is 11.4. The first-order valence-corrected chi connectivity index (χ1v) is 10.6. The molecule has 0 spiro atoms. The van der Waals surface area contributed by atoms with Gasteiger partial charge in [-0.2, -0.15) is 0 Å². The molecule has 0 saturated heterocycles. The van der Waals surface area contributed by atoms with E-state index in [0.29, 0.717) is 10.7 Å². The number of nitrogens with zero attached hydrogens (tertiary/aromatic N) is 1. The van der Waals surface area contributed by atoms with Crippen LogP contribution >= 0.6 is 11.6 Å². The molecule has 0 aliphatic heterocycles. The van der Waals surface area contributed by atoms with Crippen LogP contribution in [0.25, 0.3) is 0 Å². The van der Waals surface area contributed by atoms with Crippen LogP contribution in [0.2, 0.25) is 5.02 Å². The van der Waals surface area contributed by atoms with Crippen molar-refractivity contribution in [3.8, 4) is 0 Å². The Bertz CT molecular complexity index is 709. The number of hydrogen-bond donors (Lipinski definition) is 1. The minimum atomic E-state index is -3.65. The summed E-state index contributed by atoms with van der Waals surface area (Å²) >= 11 is 6.14. The van der Waals surface area contributed by atoms with Crippen LogP contribution < -0.4 is 9.62 Å². The maximum Gasteiger partial charge on any atom is 0.243 e. The van der Waals surface area contributed by atoms with Gasteiger partial charge < -0.3 is 5.32 Å². The van der Waals surface area contributed by atoms with Crippen LogP contribution in [0.15, 0.2) is 18.2 Å². The average Bonchev–Trinajstić information content (AvgIpc) is 2.46. The summed E-state index contributed by atoms with van der Waals surface area (Å²) in [5, 5.41) is 3.45. The first-order valence-electron chi connectivity index (χ1n) is 8.42. The van der Waals surface area contributed by atoms with Crippen molar-refractivity contribution in [3.05, 3.63) is 28.8 Å². The number of aryl methyl sites for hydroxylation is 1. The number of sulfonamides is 1. The van der Waals surface area contributed by atoms with Gasteiger partial charge in [-0.1, -0.05) is 45.4 Å². The molecule has 0 bridgehead atoms. The number of halogens is 1. The van der Waals surface area contributed by atoms with Crippen molar-refractivity contribution < 1.29 is 13.2 Å². The Balaban J connectivity index is 3.19. The van der Waals surface area contributed by atoms with Crippen LogP contribution in [0.3, 0.4) is 0 Å². The molecule has 0 radical (unpaired) electrons. The van der Waals surface area contributed by atoms with E-state index in [1.807, 2.05) is 34.6 Å². The third-order valence-corrected chi connectivity index (χ3v) is 5.89. The molecule has 0 aliphatic rings. The fraction of sp³-hybridized carbons (Fsp3) is 0.611. The zero-order chi connectivity index (χ0) is 19.5. The van der Waals surface area contributed by atoms with E-state index in [2.05, 4.69) is 5.32 Å². The van der Waals surface area contributed by atoms with Gasteiger partial charge >= 0.3 is 0 Å². The van der Waals surface area contributed by atoms with Crippen molar-refractivity contribution in [1.29, 1.82) is 0 Å². The highest BCUT2D eigenvalue weighted by Crippen LogP contribution is 2.27. The predicted octanol–water partition coefficient (Wildman–Crippen LogP) is 3.60. The van der Waals surface area contributed by atoms with Crippen molar-refractivity contribution in [3.63, 3.8) is 0 Å². The molecular weight excluding hydrogens is 360 g/mol. The van der Waals surface area contributed by atoms with Crippen molar-refractivity contribution in [2.75, 3.05) is 10.6 Å². The third-order valence-electron chi connectivity index (χ3n) is 4.24.